The van der Waals surface area contributed by atoms with E-state index in [1.54, 1.807) is 6.92 Å². The Morgan fingerprint density at radius 3 is 2.69 bits per heavy atom. The molecule has 3 heteroatoms. The zero-order chi connectivity index (χ0) is 9.84. The third-order valence-electron chi connectivity index (χ3n) is 1.74. The Hall–Kier alpha value is -0.670. The SMILES string of the molecule is CC(=O)Cc1ccc(CO)cc1Br. The molecule has 0 aliphatic rings. The molecule has 0 atom stereocenters. The van der Waals surface area contributed by atoms with Crippen LogP contribution < -0.4 is 0 Å². The van der Waals surface area contributed by atoms with E-state index in [0.29, 0.717) is 6.42 Å². The largest absolute Gasteiger partial charge is 0.392 e. The summed E-state index contributed by atoms with van der Waals surface area (Å²) in [6.45, 7) is 1.59. The van der Waals surface area contributed by atoms with Crippen LogP contribution in [0.4, 0.5) is 0 Å². The lowest BCUT2D eigenvalue weighted by Gasteiger charge is -2.03. The van der Waals surface area contributed by atoms with E-state index in [-0.39, 0.29) is 12.4 Å². The molecule has 0 radical (unpaired) electrons. The van der Waals surface area contributed by atoms with Gasteiger partial charge in [0.2, 0.25) is 0 Å². The first-order valence-electron chi connectivity index (χ1n) is 4.01. The zero-order valence-corrected chi connectivity index (χ0v) is 8.97. The number of benzene rings is 1. The summed E-state index contributed by atoms with van der Waals surface area (Å²) in [6, 6.07) is 5.51. The predicted octanol–water partition coefficient (Wildman–Crippen LogP) is 2.07. The number of ketones is 1. The van der Waals surface area contributed by atoms with Crippen molar-refractivity contribution in [2.75, 3.05) is 0 Å². The van der Waals surface area contributed by atoms with E-state index in [9.17, 15) is 4.79 Å². The van der Waals surface area contributed by atoms with Crippen LogP contribution in [0.3, 0.4) is 0 Å². The monoisotopic (exact) mass is 242 g/mol. The van der Waals surface area contributed by atoms with Crippen LogP contribution in [0.15, 0.2) is 22.7 Å². The Morgan fingerprint density at radius 1 is 1.54 bits per heavy atom. The lowest BCUT2D eigenvalue weighted by Crippen LogP contribution is -1.97. The number of aliphatic hydroxyl groups is 1. The fraction of sp³-hybridized carbons (Fsp3) is 0.300. The van der Waals surface area contributed by atoms with Crippen molar-refractivity contribution in [3.8, 4) is 0 Å². The van der Waals surface area contributed by atoms with Gasteiger partial charge in [-0.05, 0) is 24.1 Å². The van der Waals surface area contributed by atoms with Crippen molar-refractivity contribution in [1.82, 2.24) is 0 Å². The molecule has 2 nitrogen and oxygen atoms in total. The predicted molar refractivity (Wildman–Crippen MR) is 54.4 cm³/mol. The molecule has 0 fully saturated rings. The summed E-state index contributed by atoms with van der Waals surface area (Å²) in [6.07, 6.45) is 0.437. The minimum absolute atomic E-state index is 0.0267. The number of hydrogen-bond donors (Lipinski definition) is 1. The van der Waals surface area contributed by atoms with Gasteiger partial charge < -0.3 is 5.11 Å². The Bertz CT molecular complexity index is 321. The average molecular weight is 243 g/mol. The van der Waals surface area contributed by atoms with Gasteiger partial charge in [0.05, 0.1) is 6.61 Å². The molecular formula is C10H11BrO2. The van der Waals surface area contributed by atoms with Crippen LogP contribution in [0.5, 0.6) is 0 Å². The lowest BCUT2D eigenvalue weighted by molar-refractivity contribution is -0.116. The van der Waals surface area contributed by atoms with Crippen LogP contribution in [0.1, 0.15) is 18.1 Å². The number of Topliss-reactive ketones (excluding diaryl/α,β-unsaturated/α-hetero) is 1. The normalized spacial score (nSPS) is 10.1. The Balaban J connectivity index is 2.91. The first-order valence-corrected chi connectivity index (χ1v) is 4.80. The zero-order valence-electron chi connectivity index (χ0n) is 7.38. The van der Waals surface area contributed by atoms with E-state index < -0.39 is 0 Å². The van der Waals surface area contributed by atoms with Crippen molar-refractivity contribution in [3.05, 3.63) is 33.8 Å². The minimum atomic E-state index is 0.0267. The summed E-state index contributed by atoms with van der Waals surface area (Å²) in [5.74, 6) is 0.137. The summed E-state index contributed by atoms with van der Waals surface area (Å²) >= 11 is 3.35. The second-order valence-corrected chi connectivity index (χ2v) is 3.82. The highest BCUT2D eigenvalue weighted by molar-refractivity contribution is 9.10. The number of carbonyl (C=O) groups excluding carboxylic acids is 1. The van der Waals surface area contributed by atoms with E-state index >= 15 is 0 Å². The van der Waals surface area contributed by atoms with Crippen LogP contribution in [-0.2, 0) is 17.8 Å². The molecule has 0 aliphatic heterocycles. The first-order chi connectivity index (χ1) is 6.13. The van der Waals surface area contributed by atoms with Gasteiger partial charge in [0.25, 0.3) is 0 Å². The molecule has 0 saturated heterocycles. The highest BCUT2D eigenvalue weighted by Gasteiger charge is 2.03. The summed E-state index contributed by atoms with van der Waals surface area (Å²) in [7, 11) is 0. The van der Waals surface area contributed by atoms with Crippen LogP contribution in [0.25, 0.3) is 0 Å². The Morgan fingerprint density at radius 2 is 2.23 bits per heavy atom. The lowest BCUT2D eigenvalue weighted by atomic mass is 10.1. The number of halogens is 1. The van der Waals surface area contributed by atoms with Crippen LogP contribution in [0.2, 0.25) is 0 Å². The van der Waals surface area contributed by atoms with Gasteiger partial charge in [-0.15, -0.1) is 0 Å². The third-order valence-corrected chi connectivity index (χ3v) is 2.48. The van der Waals surface area contributed by atoms with Gasteiger partial charge in [0.1, 0.15) is 5.78 Å². The molecule has 0 heterocycles. The molecule has 0 spiro atoms. The van der Waals surface area contributed by atoms with E-state index in [1.807, 2.05) is 18.2 Å². The van der Waals surface area contributed by atoms with E-state index in [4.69, 9.17) is 5.11 Å². The summed E-state index contributed by atoms with van der Waals surface area (Å²) in [5, 5.41) is 8.85. The molecule has 0 amide bonds. The highest BCUT2D eigenvalue weighted by Crippen LogP contribution is 2.19. The maximum absolute atomic E-state index is 10.8. The summed E-state index contributed by atoms with van der Waals surface area (Å²) in [4.78, 5) is 10.8. The first kappa shape index (κ1) is 10.4. The minimum Gasteiger partial charge on any atom is -0.392 e. The van der Waals surface area contributed by atoms with Gasteiger partial charge in [0, 0.05) is 10.9 Å². The van der Waals surface area contributed by atoms with Crippen molar-refractivity contribution < 1.29 is 9.90 Å². The molecule has 0 saturated carbocycles. The second-order valence-electron chi connectivity index (χ2n) is 2.96. The van der Waals surface area contributed by atoms with Crippen molar-refractivity contribution in [2.24, 2.45) is 0 Å². The number of carbonyl (C=O) groups is 1. The molecule has 0 aliphatic carbocycles. The number of aliphatic hydroxyl groups excluding tert-OH is 1. The quantitative estimate of drug-likeness (QED) is 0.882. The van der Waals surface area contributed by atoms with E-state index in [0.717, 1.165) is 15.6 Å². The molecule has 0 aromatic heterocycles. The summed E-state index contributed by atoms with van der Waals surface area (Å²) in [5.41, 5.74) is 1.81. The molecule has 13 heavy (non-hydrogen) atoms. The molecular weight excluding hydrogens is 232 g/mol. The van der Waals surface area contributed by atoms with E-state index in [1.165, 1.54) is 0 Å². The van der Waals surface area contributed by atoms with E-state index in [2.05, 4.69) is 15.9 Å². The summed E-state index contributed by atoms with van der Waals surface area (Å²) < 4.78 is 0.884. The molecule has 70 valence electrons. The van der Waals surface area contributed by atoms with Gasteiger partial charge in [-0.3, -0.25) is 4.79 Å². The fourth-order valence-electron chi connectivity index (χ4n) is 1.10. The molecule has 1 rings (SSSR count). The Labute approximate surface area is 85.7 Å². The number of rotatable bonds is 3. The van der Waals surface area contributed by atoms with Crippen molar-refractivity contribution >= 4 is 21.7 Å². The van der Waals surface area contributed by atoms with Crippen molar-refractivity contribution in [3.63, 3.8) is 0 Å². The molecule has 1 N–H and O–H groups in total. The van der Waals surface area contributed by atoms with Crippen LogP contribution in [0, 0.1) is 0 Å². The maximum atomic E-state index is 10.8. The topological polar surface area (TPSA) is 37.3 Å². The average Bonchev–Trinajstić information content (AvgIpc) is 2.08. The standard InChI is InChI=1S/C10H11BrO2/c1-7(13)4-9-3-2-8(6-12)5-10(9)11/h2-3,5,12H,4,6H2,1H3. The van der Waals surface area contributed by atoms with Gasteiger partial charge in [0.15, 0.2) is 0 Å². The van der Waals surface area contributed by atoms with Gasteiger partial charge >= 0.3 is 0 Å². The van der Waals surface area contributed by atoms with Gasteiger partial charge in [-0.25, -0.2) is 0 Å². The maximum Gasteiger partial charge on any atom is 0.134 e. The van der Waals surface area contributed by atoms with Crippen molar-refractivity contribution in [1.29, 1.82) is 0 Å². The Kier molecular flexibility index (Phi) is 3.63. The van der Waals surface area contributed by atoms with Crippen molar-refractivity contribution in [2.45, 2.75) is 20.0 Å². The fourth-order valence-corrected chi connectivity index (χ4v) is 1.67. The molecule has 1 aromatic rings. The van der Waals surface area contributed by atoms with Crippen LogP contribution in [-0.4, -0.2) is 10.9 Å². The second kappa shape index (κ2) is 4.53. The highest BCUT2D eigenvalue weighted by atomic mass is 79.9. The smallest absolute Gasteiger partial charge is 0.134 e. The van der Waals surface area contributed by atoms with Gasteiger partial charge in [-0.2, -0.15) is 0 Å². The van der Waals surface area contributed by atoms with Gasteiger partial charge in [-0.1, -0.05) is 28.1 Å². The molecule has 0 unspecified atom stereocenters. The third kappa shape index (κ3) is 2.94. The molecule has 0 bridgehead atoms. The van der Waals surface area contributed by atoms with Crippen LogP contribution >= 0.6 is 15.9 Å². The molecule has 1 aromatic carbocycles. The number of hydrogen-bond acceptors (Lipinski definition) is 2.